The molecule has 3 N–H and O–H groups in total. The highest BCUT2D eigenvalue weighted by molar-refractivity contribution is 5.83. The molecule has 5 nitrogen and oxygen atoms in total. The molecule has 2 heterocycles. The molecule has 0 saturated carbocycles. The minimum Gasteiger partial charge on any atom is -0.361 e. The number of halogens is 1. The predicted molar refractivity (Wildman–Crippen MR) is 100 cm³/mol. The van der Waals surface area contributed by atoms with E-state index in [9.17, 15) is 4.39 Å². The van der Waals surface area contributed by atoms with E-state index in [1.54, 1.807) is 12.1 Å². The van der Waals surface area contributed by atoms with Crippen molar-refractivity contribution in [3.8, 4) is 0 Å². The van der Waals surface area contributed by atoms with Crippen LogP contribution in [0.2, 0.25) is 0 Å². The lowest BCUT2D eigenvalue weighted by Gasteiger charge is -2.11. The fourth-order valence-corrected chi connectivity index (χ4v) is 2.84. The lowest BCUT2D eigenvalue weighted by atomic mass is 10.1. The summed E-state index contributed by atoms with van der Waals surface area (Å²) in [6, 6.07) is 6.89. The van der Waals surface area contributed by atoms with Gasteiger partial charge in [-0.2, -0.15) is 0 Å². The van der Waals surface area contributed by atoms with Crippen molar-refractivity contribution in [1.29, 1.82) is 0 Å². The van der Waals surface area contributed by atoms with Gasteiger partial charge in [-0.05, 0) is 48.7 Å². The number of guanidine groups is 1. The summed E-state index contributed by atoms with van der Waals surface area (Å²) in [5.74, 6) is 0.580. The standard InChI is InChI=1S/C19H24FN5/c1-3-21-19(24-11-14-7-9-25(2)13-14)22-8-6-15-12-23-18-5-4-16(20)10-17(15)18/h4-5,7,9-10,12-13,23H,3,6,8,11H2,1-2H3,(H2,21,22,24). The summed E-state index contributed by atoms with van der Waals surface area (Å²) in [6.07, 6.45) is 6.81. The summed E-state index contributed by atoms with van der Waals surface area (Å²) in [5, 5.41) is 7.53. The minimum atomic E-state index is -0.209. The molecule has 0 radical (unpaired) electrons. The molecule has 0 atom stereocenters. The third kappa shape index (κ3) is 4.41. The van der Waals surface area contributed by atoms with Gasteiger partial charge in [-0.25, -0.2) is 9.38 Å². The summed E-state index contributed by atoms with van der Waals surface area (Å²) in [7, 11) is 2.00. The van der Waals surface area contributed by atoms with E-state index in [1.807, 2.05) is 30.9 Å². The molecule has 0 aliphatic rings. The Hall–Kier alpha value is -2.76. The van der Waals surface area contributed by atoms with E-state index in [0.29, 0.717) is 6.54 Å². The summed E-state index contributed by atoms with van der Waals surface area (Å²) >= 11 is 0. The molecule has 0 aliphatic heterocycles. The first-order chi connectivity index (χ1) is 12.2. The van der Waals surface area contributed by atoms with E-state index in [4.69, 9.17) is 0 Å². The number of aliphatic imine (C=N–C) groups is 1. The van der Waals surface area contributed by atoms with Crippen molar-refractivity contribution in [2.75, 3.05) is 13.1 Å². The fraction of sp³-hybridized carbons (Fsp3) is 0.316. The van der Waals surface area contributed by atoms with Crippen molar-refractivity contribution < 1.29 is 4.39 Å². The number of nitrogens with zero attached hydrogens (tertiary/aromatic N) is 2. The smallest absolute Gasteiger partial charge is 0.191 e. The van der Waals surface area contributed by atoms with Crippen LogP contribution in [0.25, 0.3) is 10.9 Å². The average molecular weight is 341 g/mol. The number of nitrogens with one attached hydrogen (secondary N) is 3. The Labute approximate surface area is 147 Å². The quantitative estimate of drug-likeness (QED) is 0.477. The van der Waals surface area contributed by atoms with Gasteiger partial charge in [0.15, 0.2) is 5.96 Å². The fourth-order valence-electron chi connectivity index (χ4n) is 2.84. The van der Waals surface area contributed by atoms with Gasteiger partial charge < -0.3 is 20.2 Å². The molecule has 6 heteroatoms. The summed E-state index contributed by atoms with van der Waals surface area (Å²) in [6.45, 7) is 4.21. The van der Waals surface area contributed by atoms with Gasteiger partial charge in [0.25, 0.3) is 0 Å². The van der Waals surface area contributed by atoms with Crippen molar-refractivity contribution in [1.82, 2.24) is 20.2 Å². The molecule has 0 aliphatic carbocycles. The van der Waals surface area contributed by atoms with Crippen LogP contribution >= 0.6 is 0 Å². The third-order valence-electron chi connectivity index (χ3n) is 4.07. The van der Waals surface area contributed by atoms with Crippen LogP contribution in [-0.4, -0.2) is 28.6 Å². The summed E-state index contributed by atoms with van der Waals surface area (Å²) in [5.41, 5.74) is 3.23. The Morgan fingerprint density at radius 3 is 2.92 bits per heavy atom. The molecule has 0 amide bonds. The number of hydrogen-bond donors (Lipinski definition) is 3. The second-order valence-electron chi connectivity index (χ2n) is 6.06. The molecule has 0 spiro atoms. The maximum Gasteiger partial charge on any atom is 0.191 e. The Morgan fingerprint density at radius 2 is 2.16 bits per heavy atom. The van der Waals surface area contributed by atoms with E-state index in [1.165, 1.54) is 11.6 Å². The number of benzene rings is 1. The number of hydrogen-bond acceptors (Lipinski definition) is 1. The highest BCUT2D eigenvalue weighted by atomic mass is 19.1. The van der Waals surface area contributed by atoms with Gasteiger partial charge in [0.05, 0.1) is 6.54 Å². The summed E-state index contributed by atoms with van der Waals surface area (Å²) in [4.78, 5) is 7.79. The van der Waals surface area contributed by atoms with Gasteiger partial charge in [0, 0.05) is 49.6 Å². The van der Waals surface area contributed by atoms with E-state index < -0.39 is 0 Å². The zero-order chi connectivity index (χ0) is 17.6. The van der Waals surface area contributed by atoms with Gasteiger partial charge in [-0.3, -0.25) is 0 Å². The summed E-state index contributed by atoms with van der Waals surface area (Å²) < 4.78 is 15.5. The first-order valence-corrected chi connectivity index (χ1v) is 8.54. The molecule has 0 unspecified atom stereocenters. The molecule has 132 valence electrons. The molecular formula is C19H24FN5. The number of H-pyrrole nitrogens is 1. The van der Waals surface area contributed by atoms with Crippen LogP contribution < -0.4 is 10.6 Å². The highest BCUT2D eigenvalue weighted by Crippen LogP contribution is 2.19. The van der Waals surface area contributed by atoms with Crippen LogP contribution in [0.3, 0.4) is 0 Å². The molecule has 0 saturated heterocycles. The zero-order valence-corrected chi connectivity index (χ0v) is 14.6. The maximum atomic E-state index is 13.4. The number of rotatable bonds is 6. The van der Waals surface area contributed by atoms with Gasteiger partial charge in [0.2, 0.25) is 0 Å². The Bertz CT molecular complexity index is 862. The highest BCUT2D eigenvalue weighted by Gasteiger charge is 2.05. The number of aromatic nitrogens is 2. The molecule has 3 aromatic rings. The number of fused-ring (bicyclic) bond motifs is 1. The lowest BCUT2D eigenvalue weighted by molar-refractivity contribution is 0.629. The van der Waals surface area contributed by atoms with Crippen molar-refractivity contribution in [3.63, 3.8) is 0 Å². The molecule has 0 bridgehead atoms. The van der Waals surface area contributed by atoms with Crippen molar-refractivity contribution >= 4 is 16.9 Å². The monoisotopic (exact) mass is 341 g/mol. The van der Waals surface area contributed by atoms with Crippen molar-refractivity contribution in [3.05, 3.63) is 59.8 Å². The van der Waals surface area contributed by atoms with E-state index >= 15 is 0 Å². The Kier molecular flexibility index (Phi) is 5.38. The van der Waals surface area contributed by atoms with Crippen LogP contribution in [0.5, 0.6) is 0 Å². The zero-order valence-electron chi connectivity index (χ0n) is 14.6. The van der Waals surface area contributed by atoms with E-state index in [2.05, 4.69) is 32.9 Å². The largest absolute Gasteiger partial charge is 0.361 e. The maximum absolute atomic E-state index is 13.4. The molecular weight excluding hydrogens is 317 g/mol. The molecule has 25 heavy (non-hydrogen) atoms. The van der Waals surface area contributed by atoms with Gasteiger partial charge >= 0.3 is 0 Å². The second kappa shape index (κ2) is 7.88. The number of aryl methyl sites for hydroxylation is 1. The van der Waals surface area contributed by atoms with Crippen LogP contribution in [-0.2, 0) is 20.0 Å². The molecule has 1 aromatic carbocycles. The number of aromatic amines is 1. The van der Waals surface area contributed by atoms with Gasteiger partial charge in [-0.15, -0.1) is 0 Å². The first-order valence-electron chi connectivity index (χ1n) is 8.54. The van der Waals surface area contributed by atoms with Crippen molar-refractivity contribution in [2.45, 2.75) is 19.9 Å². The van der Waals surface area contributed by atoms with E-state index in [0.717, 1.165) is 41.9 Å². The molecule has 3 rings (SSSR count). The van der Waals surface area contributed by atoms with E-state index in [-0.39, 0.29) is 5.82 Å². The normalized spacial score (nSPS) is 11.9. The molecule has 0 fully saturated rings. The van der Waals surface area contributed by atoms with Crippen LogP contribution in [0.1, 0.15) is 18.1 Å². The van der Waals surface area contributed by atoms with Crippen LogP contribution in [0.4, 0.5) is 4.39 Å². The van der Waals surface area contributed by atoms with Gasteiger partial charge in [-0.1, -0.05) is 0 Å². The average Bonchev–Trinajstić information content (AvgIpc) is 3.19. The third-order valence-corrected chi connectivity index (χ3v) is 4.07. The van der Waals surface area contributed by atoms with Crippen molar-refractivity contribution in [2.24, 2.45) is 12.0 Å². The predicted octanol–water partition coefficient (Wildman–Crippen LogP) is 2.94. The minimum absolute atomic E-state index is 0.209. The topological polar surface area (TPSA) is 57.1 Å². The molecule has 2 aromatic heterocycles. The second-order valence-corrected chi connectivity index (χ2v) is 6.06. The first kappa shape index (κ1) is 17.1. The Morgan fingerprint density at radius 1 is 1.28 bits per heavy atom. The van der Waals surface area contributed by atoms with Crippen LogP contribution in [0, 0.1) is 5.82 Å². The van der Waals surface area contributed by atoms with Crippen LogP contribution in [0.15, 0.2) is 47.8 Å². The lowest BCUT2D eigenvalue weighted by Crippen LogP contribution is -2.38. The SMILES string of the molecule is CCNC(=NCc1ccn(C)c1)NCCc1c[nH]c2ccc(F)cc12. The Balaban J connectivity index is 1.60. The van der Waals surface area contributed by atoms with Gasteiger partial charge in [0.1, 0.15) is 5.82 Å².